The summed E-state index contributed by atoms with van der Waals surface area (Å²) >= 11 is 0. The van der Waals surface area contributed by atoms with Gasteiger partial charge >= 0.3 is 0 Å². The Labute approximate surface area is 201 Å². The highest BCUT2D eigenvalue weighted by Crippen LogP contribution is 2.30. The molecule has 8 unspecified atom stereocenters. The summed E-state index contributed by atoms with van der Waals surface area (Å²) in [4.78, 5) is 13.1. The molecule has 3 heterocycles. The molecule has 3 saturated heterocycles. The van der Waals surface area contributed by atoms with Crippen molar-refractivity contribution >= 4 is 5.91 Å². The van der Waals surface area contributed by atoms with Gasteiger partial charge < -0.3 is 16.0 Å². The van der Waals surface area contributed by atoms with Gasteiger partial charge in [0.25, 0.3) is 0 Å². The van der Waals surface area contributed by atoms with Gasteiger partial charge in [0.1, 0.15) is 6.29 Å². The Morgan fingerprint density at radius 3 is 2.52 bits per heavy atom. The predicted octanol–water partition coefficient (Wildman–Crippen LogP) is 1.90. The van der Waals surface area contributed by atoms with Crippen molar-refractivity contribution in [2.45, 2.75) is 110 Å². The van der Waals surface area contributed by atoms with Crippen LogP contribution in [0.3, 0.4) is 0 Å². The molecule has 33 heavy (non-hydrogen) atoms. The topological polar surface area (TPSA) is 89.2 Å². The van der Waals surface area contributed by atoms with Crippen molar-refractivity contribution in [2.24, 2.45) is 23.2 Å². The fourth-order valence-electron chi connectivity index (χ4n) is 6.47. The third-order valence-corrected chi connectivity index (χ3v) is 8.83. The summed E-state index contributed by atoms with van der Waals surface area (Å²) in [5.74, 6) is 1.79. The van der Waals surface area contributed by atoms with Crippen molar-refractivity contribution in [1.29, 1.82) is 0 Å². The number of nitrogens with one attached hydrogen (secondary N) is 6. The Hall–Kier alpha value is -0.730. The minimum absolute atomic E-state index is 0.146. The molecule has 7 nitrogen and oxygen atoms in total. The van der Waals surface area contributed by atoms with Gasteiger partial charge in [0.2, 0.25) is 5.91 Å². The van der Waals surface area contributed by atoms with Gasteiger partial charge in [-0.2, -0.15) is 0 Å². The van der Waals surface area contributed by atoms with Gasteiger partial charge in [-0.05, 0) is 94.8 Å². The van der Waals surface area contributed by atoms with Gasteiger partial charge in [-0.15, -0.1) is 0 Å². The van der Waals surface area contributed by atoms with Gasteiger partial charge in [0.15, 0.2) is 0 Å². The Bertz CT molecular complexity index is 631. The lowest BCUT2D eigenvalue weighted by molar-refractivity contribution is -0.127. The monoisotopic (exact) mass is 462 g/mol. The van der Waals surface area contributed by atoms with E-state index < -0.39 is 0 Å². The number of hydrogen-bond donors (Lipinski definition) is 6. The summed E-state index contributed by atoms with van der Waals surface area (Å²) in [5.41, 5.74) is 0.194. The molecule has 7 heteroatoms. The maximum absolute atomic E-state index is 13.1. The molecule has 8 atom stereocenters. The van der Waals surface area contributed by atoms with Crippen molar-refractivity contribution in [3.05, 3.63) is 0 Å². The van der Waals surface area contributed by atoms with Crippen LogP contribution in [0.4, 0.5) is 0 Å². The lowest BCUT2D eigenvalue weighted by Crippen LogP contribution is -2.66. The first kappa shape index (κ1) is 25.4. The second-order valence-corrected chi connectivity index (χ2v) is 12.4. The Balaban J connectivity index is 1.26. The summed E-state index contributed by atoms with van der Waals surface area (Å²) in [5, 5.41) is 22.0. The standard InChI is InChI=1S/C26H50N6O/c1-17-7-8-20(30-24(33)18-9-12-28-23(14-18)26(2,3)4)15-22(17)32-25-29-13-10-21(31-25)19-6-5-11-27-16-19/h17-23,25,27-29,31-32H,5-16H2,1-4H3,(H,30,33). The smallest absolute Gasteiger partial charge is 0.223 e. The molecule has 190 valence electrons. The third-order valence-electron chi connectivity index (χ3n) is 8.83. The van der Waals surface area contributed by atoms with Crippen LogP contribution in [0.5, 0.6) is 0 Å². The normalized spacial score (nSPS) is 40.8. The van der Waals surface area contributed by atoms with E-state index in [-0.39, 0.29) is 29.6 Å². The fraction of sp³-hybridized carbons (Fsp3) is 0.962. The highest BCUT2D eigenvalue weighted by Gasteiger charge is 2.36. The van der Waals surface area contributed by atoms with Crippen LogP contribution in [-0.4, -0.2) is 62.5 Å². The number of piperidine rings is 2. The van der Waals surface area contributed by atoms with Gasteiger partial charge in [0.05, 0.1) is 0 Å². The third kappa shape index (κ3) is 6.91. The molecule has 1 amide bonds. The number of hydrogen-bond acceptors (Lipinski definition) is 6. The Kier molecular flexibility index (Phi) is 8.71. The van der Waals surface area contributed by atoms with E-state index in [0.29, 0.717) is 24.0 Å². The van der Waals surface area contributed by atoms with E-state index in [2.05, 4.69) is 59.6 Å². The van der Waals surface area contributed by atoms with E-state index in [1.807, 2.05) is 0 Å². The lowest BCUT2D eigenvalue weighted by atomic mass is 9.77. The average molecular weight is 463 g/mol. The summed E-state index contributed by atoms with van der Waals surface area (Å²) in [6.07, 6.45) is 9.20. The van der Waals surface area contributed by atoms with Crippen LogP contribution in [-0.2, 0) is 4.79 Å². The van der Waals surface area contributed by atoms with Crippen molar-refractivity contribution in [2.75, 3.05) is 26.2 Å². The Morgan fingerprint density at radius 2 is 1.76 bits per heavy atom. The molecule has 1 aliphatic carbocycles. The van der Waals surface area contributed by atoms with E-state index in [9.17, 15) is 4.79 Å². The number of carbonyl (C=O) groups excluding carboxylic acids is 1. The molecule has 0 spiro atoms. The van der Waals surface area contributed by atoms with E-state index in [1.165, 1.54) is 32.2 Å². The highest BCUT2D eigenvalue weighted by molar-refractivity contribution is 5.79. The van der Waals surface area contributed by atoms with Gasteiger partial charge in [-0.1, -0.05) is 27.7 Å². The molecule has 6 N–H and O–H groups in total. The first-order valence-electron chi connectivity index (χ1n) is 13.8. The molecular weight excluding hydrogens is 412 g/mol. The molecule has 0 aromatic rings. The zero-order valence-corrected chi connectivity index (χ0v) is 21.5. The van der Waals surface area contributed by atoms with Crippen LogP contribution in [0.2, 0.25) is 0 Å². The van der Waals surface area contributed by atoms with Crippen molar-refractivity contribution in [3.63, 3.8) is 0 Å². The van der Waals surface area contributed by atoms with E-state index >= 15 is 0 Å². The van der Waals surface area contributed by atoms with Crippen molar-refractivity contribution in [3.8, 4) is 0 Å². The van der Waals surface area contributed by atoms with Crippen LogP contribution in [0, 0.1) is 23.2 Å². The molecule has 3 aliphatic heterocycles. The number of rotatable bonds is 5. The zero-order valence-electron chi connectivity index (χ0n) is 21.5. The van der Waals surface area contributed by atoms with Crippen LogP contribution in [0.25, 0.3) is 0 Å². The summed E-state index contributed by atoms with van der Waals surface area (Å²) in [7, 11) is 0. The lowest BCUT2D eigenvalue weighted by Gasteiger charge is -2.43. The van der Waals surface area contributed by atoms with Crippen LogP contribution >= 0.6 is 0 Å². The number of amides is 1. The van der Waals surface area contributed by atoms with E-state index in [0.717, 1.165) is 51.2 Å². The molecule has 4 fully saturated rings. The second kappa shape index (κ2) is 11.3. The molecule has 4 rings (SSSR count). The summed E-state index contributed by atoms with van der Waals surface area (Å²) in [6, 6.07) is 1.71. The molecule has 1 saturated carbocycles. The Morgan fingerprint density at radius 1 is 0.939 bits per heavy atom. The largest absolute Gasteiger partial charge is 0.353 e. The van der Waals surface area contributed by atoms with E-state index in [1.54, 1.807) is 0 Å². The van der Waals surface area contributed by atoms with Gasteiger partial charge in [-0.3, -0.25) is 20.7 Å². The van der Waals surface area contributed by atoms with Crippen molar-refractivity contribution < 1.29 is 4.79 Å². The minimum atomic E-state index is 0.146. The molecule has 4 aliphatic rings. The van der Waals surface area contributed by atoms with Crippen LogP contribution in [0.15, 0.2) is 0 Å². The van der Waals surface area contributed by atoms with Crippen LogP contribution < -0.4 is 31.9 Å². The predicted molar refractivity (Wildman–Crippen MR) is 135 cm³/mol. The average Bonchev–Trinajstić information content (AvgIpc) is 2.81. The van der Waals surface area contributed by atoms with Crippen LogP contribution in [0.1, 0.15) is 79.1 Å². The molecular formula is C26H50N6O. The number of carbonyl (C=O) groups is 1. The SMILES string of the molecule is CC1CCC(NC(=O)C2CCNC(C(C)(C)C)C2)CC1NC1NCCC(C2CCCNC2)N1. The maximum atomic E-state index is 13.1. The van der Waals surface area contributed by atoms with Crippen molar-refractivity contribution in [1.82, 2.24) is 31.9 Å². The first-order chi connectivity index (χ1) is 15.8. The van der Waals surface area contributed by atoms with Gasteiger partial charge in [-0.25, -0.2) is 0 Å². The summed E-state index contributed by atoms with van der Waals surface area (Å²) < 4.78 is 0. The second-order valence-electron chi connectivity index (χ2n) is 12.4. The first-order valence-corrected chi connectivity index (χ1v) is 13.8. The zero-order chi connectivity index (χ0) is 23.4. The molecule has 0 aromatic heterocycles. The van der Waals surface area contributed by atoms with E-state index in [4.69, 9.17) is 0 Å². The summed E-state index contributed by atoms with van der Waals surface area (Å²) in [6.45, 7) is 13.5. The molecule has 0 bridgehead atoms. The molecule has 0 aromatic carbocycles. The van der Waals surface area contributed by atoms with Gasteiger partial charge in [0, 0.05) is 30.1 Å². The fourth-order valence-corrected chi connectivity index (χ4v) is 6.47. The molecule has 0 radical (unpaired) electrons. The quantitative estimate of drug-likeness (QED) is 0.374. The highest BCUT2D eigenvalue weighted by atomic mass is 16.2. The maximum Gasteiger partial charge on any atom is 0.223 e. The minimum Gasteiger partial charge on any atom is -0.353 e.